The smallest absolute Gasteiger partial charge is 0.235 e. The molecular formula is C18H28N4O4S. The summed E-state index contributed by atoms with van der Waals surface area (Å²) in [4.78, 5) is 23.5. The molecule has 1 aromatic carbocycles. The van der Waals surface area contributed by atoms with Crippen LogP contribution in [0.4, 0.5) is 0 Å². The molecule has 1 heterocycles. The van der Waals surface area contributed by atoms with Gasteiger partial charge in [-0.15, -0.1) is 0 Å². The van der Waals surface area contributed by atoms with Gasteiger partial charge in [-0.2, -0.15) is 0 Å². The van der Waals surface area contributed by atoms with Gasteiger partial charge in [0, 0.05) is 25.0 Å². The van der Waals surface area contributed by atoms with Gasteiger partial charge in [-0.1, -0.05) is 24.3 Å². The molecule has 1 atom stereocenters. The second kappa shape index (κ2) is 9.82. The summed E-state index contributed by atoms with van der Waals surface area (Å²) in [6.45, 7) is 4.49. The van der Waals surface area contributed by atoms with Gasteiger partial charge in [-0.25, -0.2) is 13.1 Å². The van der Waals surface area contributed by atoms with Gasteiger partial charge in [0.2, 0.25) is 21.8 Å². The highest BCUT2D eigenvalue weighted by molar-refractivity contribution is 7.89. The Morgan fingerprint density at radius 2 is 1.96 bits per heavy atom. The lowest BCUT2D eigenvalue weighted by atomic mass is 9.94. The van der Waals surface area contributed by atoms with Gasteiger partial charge in [0.25, 0.3) is 0 Å². The van der Waals surface area contributed by atoms with Crippen LogP contribution in [0.15, 0.2) is 24.3 Å². The summed E-state index contributed by atoms with van der Waals surface area (Å²) < 4.78 is 26.0. The van der Waals surface area contributed by atoms with Crippen molar-refractivity contribution in [3.8, 4) is 0 Å². The lowest BCUT2D eigenvalue weighted by molar-refractivity contribution is -0.121. The van der Waals surface area contributed by atoms with Gasteiger partial charge < -0.3 is 16.0 Å². The van der Waals surface area contributed by atoms with Crippen LogP contribution in [0.5, 0.6) is 0 Å². The fourth-order valence-corrected chi connectivity index (χ4v) is 3.88. The molecule has 1 aromatic rings. The van der Waals surface area contributed by atoms with Crippen LogP contribution in [0, 0.1) is 0 Å². The Morgan fingerprint density at radius 1 is 1.22 bits per heavy atom. The van der Waals surface area contributed by atoms with Crippen molar-refractivity contribution in [2.24, 2.45) is 0 Å². The van der Waals surface area contributed by atoms with E-state index in [1.54, 1.807) is 13.8 Å². The molecule has 0 fully saturated rings. The Balaban J connectivity index is 1.74. The van der Waals surface area contributed by atoms with E-state index in [0.717, 1.165) is 18.5 Å². The van der Waals surface area contributed by atoms with E-state index in [1.807, 2.05) is 18.2 Å². The molecule has 27 heavy (non-hydrogen) atoms. The van der Waals surface area contributed by atoms with Crippen LogP contribution in [-0.2, 0) is 26.0 Å². The maximum Gasteiger partial charge on any atom is 0.235 e. The minimum atomic E-state index is -3.69. The first-order valence-corrected chi connectivity index (χ1v) is 10.8. The van der Waals surface area contributed by atoms with Crippen molar-refractivity contribution in [2.45, 2.75) is 38.8 Å². The molecule has 0 bridgehead atoms. The molecule has 150 valence electrons. The Labute approximate surface area is 160 Å². The highest BCUT2D eigenvalue weighted by Gasteiger charge is 2.20. The molecule has 1 unspecified atom stereocenters. The van der Waals surface area contributed by atoms with Gasteiger partial charge in [0.1, 0.15) is 0 Å². The van der Waals surface area contributed by atoms with E-state index in [2.05, 4.69) is 26.7 Å². The van der Waals surface area contributed by atoms with E-state index < -0.39 is 15.9 Å². The van der Waals surface area contributed by atoms with Crippen molar-refractivity contribution >= 4 is 21.8 Å². The fourth-order valence-electron chi connectivity index (χ4n) is 2.93. The first-order valence-electron chi connectivity index (χ1n) is 9.11. The summed E-state index contributed by atoms with van der Waals surface area (Å²) in [6, 6.07) is 8.04. The summed E-state index contributed by atoms with van der Waals surface area (Å²) in [5, 5.41) is 8.74. The van der Waals surface area contributed by atoms with Crippen molar-refractivity contribution in [1.82, 2.24) is 20.7 Å². The number of nitrogens with one attached hydrogen (secondary N) is 4. The summed E-state index contributed by atoms with van der Waals surface area (Å²) in [5.41, 5.74) is 2.43. The maximum absolute atomic E-state index is 12.0. The van der Waals surface area contributed by atoms with Crippen LogP contribution < -0.4 is 20.7 Å². The monoisotopic (exact) mass is 396 g/mol. The predicted octanol–water partition coefficient (Wildman–Crippen LogP) is -0.176. The lowest BCUT2D eigenvalue weighted by Gasteiger charge is -2.27. The standard InChI is InChI=1S/C18H28N4O4S/c1-13(2)22-18(24)12-21-27(25,26)10-8-17(23)20-11-16-15-6-4-3-5-14(15)7-9-19-16/h3-6,13,16,19,21H,7-12H2,1-2H3,(H,20,23)(H,22,24). The van der Waals surface area contributed by atoms with E-state index in [0.29, 0.717) is 6.54 Å². The molecule has 0 saturated heterocycles. The molecule has 9 heteroatoms. The molecule has 0 aromatic heterocycles. The summed E-state index contributed by atoms with van der Waals surface area (Å²) >= 11 is 0. The molecule has 0 spiro atoms. The van der Waals surface area contributed by atoms with Crippen LogP contribution in [0.2, 0.25) is 0 Å². The van der Waals surface area contributed by atoms with E-state index in [4.69, 9.17) is 0 Å². The Hall–Kier alpha value is -1.97. The zero-order valence-electron chi connectivity index (χ0n) is 15.7. The lowest BCUT2D eigenvalue weighted by Crippen LogP contribution is -2.41. The second-order valence-corrected chi connectivity index (χ2v) is 8.80. The average Bonchev–Trinajstić information content (AvgIpc) is 2.63. The average molecular weight is 397 g/mol. The van der Waals surface area contributed by atoms with Crippen LogP contribution >= 0.6 is 0 Å². The molecule has 4 N–H and O–H groups in total. The highest BCUT2D eigenvalue weighted by Crippen LogP contribution is 2.21. The normalized spacial score (nSPS) is 16.6. The minimum absolute atomic E-state index is 0.0216. The zero-order chi connectivity index (χ0) is 19.9. The largest absolute Gasteiger partial charge is 0.354 e. The quantitative estimate of drug-likeness (QED) is 0.462. The SMILES string of the molecule is CC(C)NC(=O)CNS(=O)(=O)CCC(=O)NCC1NCCc2ccccc21. The number of benzene rings is 1. The van der Waals surface area contributed by atoms with Crippen LogP contribution in [0.3, 0.4) is 0 Å². The molecule has 2 rings (SSSR count). The van der Waals surface area contributed by atoms with E-state index in [1.165, 1.54) is 5.56 Å². The van der Waals surface area contributed by atoms with Gasteiger partial charge >= 0.3 is 0 Å². The number of sulfonamides is 1. The van der Waals surface area contributed by atoms with Crippen molar-refractivity contribution in [2.75, 3.05) is 25.4 Å². The Kier molecular flexibility index (Phi) is 7.76. The van der Waals surface area contributed by atoms with Gasteiger partial charge in [-0.3, -0.25) is 9.59 Å². The first-order chi connectivity index (χ1) is 12.8. The third kappa shape index (κ3) is 7.28. The van der Waals surface area contributed by atoms with E-state index in [9.17, 15) is 18.0 Å². The van der Waals surface area contributed by atoms with Crippen molar-refractivity contribution in [3.63, 3.8) is 0 Å². The molecular weight excluding hydrogens is 368 g/mol. The number of hydrogen-bond donors (Lipinski definition) is 4. The van der Waals surface area contributed by atoms with Crippen molar-refractivity contribution < 1.29 is 18.0 Å². The topological polar surface area (TPSA) is 116 Å². The van der Waals surface area contributed by atoms with Gasteiger partial charge in [-0.05, 0) is 37.9 Å². The number of fused-ring (bicyclic) bond motifs is 1. The van der Waals surface area contributed by atoms with Gasteiger partial charge in [0.15, 0.2) is 0 Å². The number of carbonyl (C=O) groups is 2. The van der Waals surface area contributed by atoms with Crippen molar-refractivity contribution in [1.29, 1.82) is 0 Å². The second-order valence-electron chi connectivity index (χ2n) is 6.87. The van der Waals surface area contributed by atoms with Crippen LogP contribution in [0.1, 0.15) is 37.4 Å². The zero-order valence-corrected chi connectivity index (χ0v) is 16.6. The van der Waals surface area contributed by atoms with Crippen molar-refractivity contribution in [3.05, 3.63) is 35.4 Å². The third-order valence-electron chi connectivity index (χ3n) is 4.22. The summed E-state index contributed by atoms with van der Waals surface area (Å²) in [5.74, 6) is -1.10. The third-order valence-corrected chi connectivity index (χ3v) is 5.54. The minimum Gasteiger partial charge on any atom is -0.354 e. The summed E-state index contributed by atoms with van der Waals surface area (Å²) in [6.07, 6.45) is 0.796. The van der Waals surface area contributed by atoms with Gasteiger partial charge in [0.05, 0.1) is 12.3 Å². The molecule has 0 saturated carbocycles. The molecule has 1 aliphatic heterocycles. The maximum atomic E-state index is 12.0. The Morgan fingerprint density at radius 3 is 2.70 bits per heavy atom. The number of hydrogen-bond acceptors (Lipinski definition) is 5. The number of carbonyl (C=O) groups excluding carboxylic acids is 2. The van der Waals surface area contributed by atoms with E-state index in [-0.39, 0.29) is 36.7 Å². The predicted molar refractivity (Wildman–Crippen MR) is 104 cm³/mol. The summed E-state index contributed by atoms with van der Waals surface area (Å²) in [7, 11) is -3.69. The molecule has 0 aliphatic carbocycles. The first kappa shape index (κ1) is 21.3. The molecule has 1 aliphatic rings. The highest BCUT2D eigenvalue weighted by atomic mass is 32.2. The van der Waals surface area contributed by atoms with E-state index >= 15 is 0 Å². The number of rotatable bonds is 9. The Bertz CT molecular complexity index is 764. The fraction of sp³-hybridized carbons (Fsp3) is 0.556. The molecule has 8 nitrogen and oxygen atoms in total. The van der Waals surface area contributed by atoms with Crippen LogP contribution in [-0.4, -0.2) is 51.7 Å². The van der Waals surface area contributed by atoms with Crippen LogP contribution in [0.25, 0.3) is 0 Å². The molecule has 2 amide bonds. The molecule has 0 radical (unpaired) electrons. The number of amides is 2.